The summed E-state index contributed by atoms with van der Waals surface area (Å²) in [6, 6.07) is 0. The van der Waals surface area contributed by atoms with Crippen LogP contribution < -0.4 is 0 Å². The van der Waals surface area contributed by atoms with Crippen molar-refractivity contribution in [3.05, 3.63) is 10.1 Å². The molecule has 0 N–H and O–H groups in total. The Balaban J connectivity index is 1.54. The van der Waals surface area contributed by atoms with Crippen molar-refractivity contribution in [1.82, 2.24) is 5.06 Å². The second-order valence-electron chi connectivity index (χ2n) is 7.99. The summed E-state index contributed by atoms with van der Waals surface area (Å²) in [6.45, 7) is 3.75. The zero-order chi connectivity index (χ0) is 18.8. The maximum Gasteiger partial charge on any atom is 0.260 e. The van der Waals surface area contributed by atoms with Gasteiger partial charge >= 0.3 is 0 Å². The molecule has 26 heavy (non-hydrogen) atoms. The van der Waals surface area contributed by atoms with Crippen LogP contribution in [-0.2, 0) is 19.2 Å². The molecular formula is C17H17Cl4NO4. The Morgan fingerprint density at radius 2 is 1.58 bits per heavy atom. The lowest BCUT2D eigenvalue weighted by molar-refractivity contribution is -0.205. The number of allylic oxidation sites excluding steroid dienone is 2. The minimum Gasteiger partial charge on any atom is -0.373 e. The third kappa shape index (κ3) is 1.79. The van der Waals surface area contributed by atoms with Crippen molar-refractivity contribution in [3.8, 4) is 0 Å². The largest absolute Gasteiger partial charge is 0.373 e. The molecule has 5 rings (SSSR count). The molecule has 5 aliphatic rings. The molecule has 2 amide bonds. The zero-order valence-corrected chi connectivity index (χ0v) is 17.1. The standard InChI is InChI=1S/C17H17Cl4NO4/c1-3-5(2)26-22-14(23)6-7(15(22)24)11-9-8(10(6)25-11)16(20)4-17(9,21)13(19)12(16)18/h5-11H,3-4H2,1-2H3/t5-,6-,7-,8+,9+,10-,11-,16-,17-/m1/s1. The lowest BCUT2D eigenvalue weighted by Gasteiger charge is -2.40. The van der Waals surface area contributed by atoms with Gasteiger partial charge in [0.05, 0.1) is 50.0 Å². The number of hydrogen-bond acceptors (Lipinski definition) is 4. The van der Waals surface area contributed by atoms with E-state index >= 15 is 0 Å². The van der Waals surface area contributed by atoms with Gasteiger partial charge in [-0.05, 0) is 19.8 Å². The maximum atomic E-state index is 12.9. The van der Waals surface area contributed by atoms with Crippen LogP contribution in [0.15, 0.2) is 10.1 Å². The predicted molar refractivity (Wildman–Crippen MR) is 95.8 cm³/mol. The molecule has 0 unspecified atom stereocenters. The normalized spacial score (nSPS) is 52.3. The first-order chi connectivity index (χ1) is 12.2. The van der Waals surface area contributed by atoms with Gasteiger partial charge in [0.1, 0.15) is 0 Å². The highest BCUT2D eigenvalue weighted by Gasteiger charge is 2.82. The molecule has 0 aromatic heterocycles. The molecule has 9 atom stereocenters. The maximum absolute atomic E-state index is 12.9. The molecule has 142 valence electrons. The van der Waals surface area contributed by atoms with Crippen molar-refractivity contribution < 1.29 is 19.2 Å². The van der Waals surface area contributed by atoms with Crippen LogP contribution in [0.2, 0.25) is 0 Å². The number of rotatable bonds is 3. The Bertz CT molecular complexity index is 720. The molecule has 3 saturated heterocycles. The summed E-state index contributed by atoms with van der Waals surface area (Å²) in [5, 5.41) is 1.61. The van der Waals surface area contributed by atoms with Crippen molar-refractivity contribution in [2.45, 2.75) is 54.7 Å². The Hall–Kier alpha value is -0.0400. The highest BCUT2D eigenvalue weighted by molar-refractivity contribution is 6.51. The van der Waals surface area contributed by atoms with Gasteiger partial charge in [0.25, 0.3) is 11.8 Å². The molecule has 1 saturated carbocycles. The van der Waals surface area contributed by atoms with Gasteiger partial charge in [0.15, 0.2) is 0 Å². The van der Waals surface area contributed by atoms with E-state index in [1.807, 2.05) is 13.8 Å². The number of halogens is 4. The van der Waals surface area contributed by atoms with Crippen LogP contribution in [0.25, 0.3) is 0 Å². The van der Waals surface area contributed by atoms with Gasteiger partial charge in [-0.2, -0.15) is 5.06 Å². The molecule has 4 bridgehead atoms. The summed E-state index contributed by atoms with van der Waals surface area (Å²) < 4.78 is 6.10. The van der Waals surface area contributed by atoms with Crippen molar-refractivity contribution in [2.24, 2.45) is 23.7 Å². The van der Waals surface area contributed by atoms with Crippen molar-refractivity contribution in [1.29, 1.82) is 0 Å². The molecule has 0 spiro atoms. The summed E-state index contributed by atoms with van der Waals surface area (Å²) >= 11 is 26.5. The topological polar surface area (TPSA) is 55.8 Å². The molecule has 3 aliphatic heterocycles. The van der Waals surface area contributed by atoms with Crippen molar-refractivity contribution >= 4 is 58.2 Å². The molecule has 5 nitrogen and oxygen atoms in total. The van der Waals surface area contributed by atoms with E-state index in [2.05, 4.69) is 0 Å². The summed E-state index contributed by atoms with van der Waals surface area (Å²) in [7, 11) is 0. The van der Waals surface area contributed by atoms with Gasteiger partial charge in [0, 0.05) is 11.8 Å². The van der Waals surface area contributed by atoms with E-state index in [9.17, 15) is 9.59 Å². The Kier molecular flexibility index (Phi) is 3.68. The van der Waals surface area contributed by atoms with E-state index < -0.39 is 33.8 Å². The summed E-state index contributed by atoms with van der Waals surface area (Å²) in [5.41, 5.74) is 0. The molecule has 9 heteroatoms. The number of imide groups is 1. The number of hydroxylamine groups is 2. The van der Waals surface area contributed by atoms with Crippen LogP contribution in [0.3, 0.4) is 0 Å². The van der Waals surface area contributed by atoms with Crippen LogP contribution in [0.4, 0.5) is 0 Å². The Labute approximate surface area is 170 Å². The number of ether oxygens (including phenoxy) is 1. The fourth-order valence-electron chi connectivity index (χ4n) is 5.62. The fourth-order valence-corrected chi connectivity index (χ4v) is 7.64. The first kappa shape index (κ1) is 18.0. The van der Waals surface area contributed by atoms with Crippen LogP contribution in [-0.4, -0.2) is 44.9 Å². The van der Waals surface area contributed by atoms with Crippen molar-refractivity contribution in [3.63, 3.8) is 0 Å². The minimum atomic E-state index is -0.941. The summed E-state index contributed by atoms with van der Waals surface area (Å²) in [5.74, 6) is -2.41. The quantitative estimate of drug-likeness (QED) is 0.498. The average Bonchev–Trinajstić information content (AvgIpc) is 3.32. The second kappa shape index (κ2) is 5.31. The molecular weight excluding hydrogens is 424 g/mol. The number of alkyl halides is 2. The fraction of sp³-hybridized carbons (Fsp3) is 0.765. The van der Waals surface area contributed by atoms with Gasteiger partial charge in [-0.3, -0.25) is 14.4 Å². The minimum absolute atomic E-state index is 0.236. The van der Waals surface area contributed by atoms with E-state index in [4.69, 9.17) is 56.0 Å². The first-order valence-corrected chi connectivity index (χ1v) is 10.3. The third-order valence-electron chi connectivity index (χ3n) is 6.83. The zero-order valence-electron chi connectivity index (χ0n) is 14.0. The monoisotopic (exact) mass is 439 g/mol. The summed E-state index contributed by atoms with van der Waals surface area (Å²) in [4.78, 5) is 29.5. The highest BCUT2D eigenvalue weighted by Crippen LogP contribution is 2.75. The highest BCUT2D eigenvalue weighted by atomic mass is 35.5. The van der Waals surface area contributed by atoms with E-state index in [-0.39, 0.29) is 29.8 Å². The number of amides is 2. The molecule has 2 aliphatic carbocycles. The molecule has 3 heterocycles. The van der Waals surface area contributed by atoms with E-state index in [1.54, 1.807) is 0 Å². The molecule has 0 aromatic carbocycles. The van der Waals surface area contributed by atoms with E-state index in [0.29, 0.717) is 22.9 Å². The molecule has 4 fully saturated rings. The lowest BCUT2D eigenvalue weighted by Crippen LogP contribution is -2.50. The van der Waals surface area contributed by atoms with Crippen LogP contribution in [0, 0.1) is 23.7 Å². The Morgan fingerprint density at radius 1 is 1.12 bits per heavy atom. The van der Waals surface area contributed by atoms with E-state index in [1.165, 1.54) is 0 Å². The SMILES string of the molecule is CC[C@@H](C)ON1C(=O)[C@H]2[C@H]3O[C@H]([C@@H]2C1=O)[C@@H]1[C@@H]3[C@]2(Cl)C[C@]1(Cl)C(Cl)=C2Cl. The summed E-state index contributed by atoms with van der Waals surface area (Å²) in [6.07, 6.45) is -0.171. The molecule has 0 radical (unpaired) electrons. The van der Waals surface area contributed by atoms with Crippen molar-refractivity contribution in [2.75, 3.05) is 0 Å². The predicted octanol–water partition coefficient (Wildman–Crippen LogP) is 3.39. The Morgan fingerprint density at radius 3 is 2.00 bits per heavy atom. The molecule has 0 aromatic rings. The lowest BCUT2D eigenvalue weighted by atomic mass is 9.65. The number of nitrogens with zero attached hydrogens (tertiary/aromatic N) is 1. The number of carbonyl (C=O) groups excluding carboxylic acids is 2. The number of carbonyl (C=O) groups is 2. The van der Waals surface area contributed by atoms with Gasteiger partial charge in [-0.1, -0.05) is 30.1 Å². The van der Waals surface area contributed by atoms with Gasteiger partial charge in [-0.15, -0.1) is 23.2 Å². The number of fused-ring (bicyclic) bond motifs is 12. The van der Waals surface area contributed by atoms with E-state index in [0.717, 1.165) is 5.06 Å². The van der Waals surface area contributed by atoms with Crippen LogP contribution in [0.1, 0.15) is 26.7 Å². The van der Waals surface area contributed by atoms with Crippen LogP contribution in [0.5, 0.6) is 0 Å². The van der Waals surface area contributed by atoms with Gasteiger partial charge in [0.2, 0.25) is 0 Å². The average molecular weight is 441 g/mol. The number of hydrogen-bond donors (Lipinski definition) is 0. The van der Waals surface area contributed by atoms with Gasteiger partial charge < -0.3 is 4.74 Å². The third-order valence-corrected chi connectivity index (χ3v) is 9.32. The smallest absolute Gasteiger partial charge is 0.260 e. The second-order valence-corrected chi connectivity index (χ2v) is 10.1. The van der Waals surface area contributed by atoms with Crippen LogP contribution >= 0.6 is 46.4 Å². The first-order valence-electron chi connectivity index (χ1n) is 8.81. The van der Waals surface area contributed by atoms with Gasteiger partial charge in [-0.25, -0.2) is 0 Å².